The second-order valence-electron chi connectivity index (χ2n) is 5.10. The number of carbonyl (C=O) groups is 1. The van der Waals surface area contributed by atoms with Gasteiger partial charge < -0.3 is 14.2 Å². The molecular formula is C18H18NaO4. The van der Waals surface area contributed by atoms with Crippen LogP contribution < -0.4 is 4.74 Å². The molecule has 0 N–H and O–H groups in total. The number of esters is 1. The van der Waals surface area contributed by atoms with E-state index >= 15 is 0 Å². The third kappa shape index (κ3) is 3.96. The number of hydrogen-bond donors (Lipinski definition) is 0. The fourth-order valence-corrected chi connectivity index (χ4v) is 2.58. The molecule has 1 atom stereocenters. The minimum atomic E-state index is -0.565. The fourth-order valence-electron chi connectivity index (χ4n) is 2.58. The van der Waals surface area contributed by atoms with Gasteiger partial charge in [0.15, 0.2) is 6.29 Å². The zero-order valence-corrected chi connectivity index (χ0v) is 15.7. The van der Waals surface area contributed by atoms with Gasteiger partial charge in [-0.15, -0.1) is 0 Å². The molecule has 1 aliphatic rings. The number of benzene rings is 2. The van der Waals surface area contributed by atoms with Crippen molar-refractivity contribution in [2.45, 2.75) is 26.6 Å². The van der Waals surface area contributed by atoms with Gasteiger partial charge in [0.1, 0.15) is 11.5 Å². The van der Waals surface area contributed by atoms with Crippen molar-refractivity contribution in [2.24, 2.45) is 0 Å². The van der Waals surface area contributed by atoms with Crippen molar-refractivity contribution in [3.05, 3.63) is 59.2 Å². The molecule has 2 aromatic carbocycles. The number of rotatable bonds is 4. The minimum absolute atomic E-state index is 0. The number of para-hydroxylation sites is 1. The van der Waals surface area contributed by atoms with E-state index in [9.17, 15) is 4.79 Å². The van der Waals surface area contributed by atoms with Gasteiger partial charge in [-0.05, 0) is 37.6 Å². The van der Waals surface area contributed by atoms with Gasteiger partial charge in [0.05, 0.1) is 5.56 Å². The molecule has 3 rings (SSSR count). The quantitative estimate of drug-likeness (QED) is 0.419. The van der Waals surface area contributed by atoms with Gasteiger partial charge in [0.25, 0.3) is 0 Å². The molecule has 1 radical (unpaired) electrons. The van der Waals surface area contributed by atoms with E-state index in [-0.39, 0.29) is 35.5 Å². The van der Waals surface area contributed by atoms with Gasteiger partial charge in [-0.3, -0.25) is 0 Å². The Bertz CT molecular complexity index is 699. The van der Waals surface area contributed by atoms with E-state index in [0.717, 1.165) is 16.9 Å². The van der Waals surface area contributed by atoms with Crippen LogP contribution in [0.15, 0.2) is 42.5 Å². The van der Waals surface area contributed by atoms with E-state index in [1.807, 2.05) is 37.3 Å². The zero-order valence-electron chi connectivity index (χ0n) is 13.7. The summed E-state index contributed by atoms with van der Waals surface area (Å²) in [5, 5.41) is 0. The first kappa shape index (κ1) is 18.0. The van der Waals surface area contributed by atoms with Gasteiger partial charge in [-0.2, -0.15) is 0 Å². The summed E-state index contributed by atoms with van der Waals surface area (Å²) >= 11 is 0. The Labute approximate surface area is 158 Å². The Kier molecular flexibility index (Phi) is 6.25. The summed E-state index contributed by atoms with van der Waals surface area (Å²) in [5.41, 5.74) is 2.45. The van der Waals surface area contributed by atoms with Gasteiger partial charge in [-0.1, -0.05) is 24.3 Å². The van der Waals surface area contributed by atoms with Crippen LogP contribution in [0.25, 0.3) is 0 Å². The second-order valence-corrected chi connectivity index (χ2v) is 5.10. The van der Waals surface area contributed by atoms with Crippen LogP contribution >= 0.6 is 0 Å². The standard InChI is InChI=1S/C18H18O4.Na/c1-3-20-12(2)21-18(19)14-8-6-10-17-15(14)11-13-7-4-5-9-16(13)22-17;/h4-10,12H,3,11H2,1-2H3;. The summed E-state index contributed by atoms with van der Waals surface area (Å²) in [4.78, 5) is 12.4. The predicted molar refractivity (Wildman–Crippen MR) is 88.0 cm³/mol. The Hall–Kier alpha value is -1.33. The SMILES string of the molecule is CCOC(C)OC(=O)c1cccc2c1Cc1ccccc1O2.[Na]. The molecule has 1 unspecified atom stereocenters. The van der Waals surface area contributed by atoms with Crippen LogP contribution in [0.3, 0.4) is 0 Å². The Morgan fingerprint density at radius 3 is 2.70 bits per heavy atom. The molecule has 23 heavy (non-hydrogen) atoms. The summed E-state index contributed by atoms with van der Waals surface area (Å²) in [6, 6.07) is 13.3. The van der Waals surface area contributed by atoms with Crippen molar-refractivity contribution in [1.82, 2.24) is 0 Å². The molecule has 0 saturated heterocycles. The smallest absolute Gasteiger partial charge is 0.340 e. The van der Waals surface area contributed by atoms with Crippen molar-refractivity contribution in [3.63, 3.8) is 0 Å². The summed E-state index contributed by atoms with van der Waals surface area (Å²) in [6.07, 6.45) is 0.0879. The molecule has 0 aliphatic carbocycles. The van der Waals surface area contributed by atoms with Crippen LogP contribution in [0, 0.1) is 0 Å². The van der Waals surface area contributed by atoms with Crippen molar-refractivity contribution < 1.29 is 19.0 Å². The van der Waals surface area contributed by atoms with Gasteiger partial charge in [-0.25, -0.2) is 4.79 Å². The van der Waals surface area contributed by atoms with Gasteiger partial charge in [0.2, 0.25) is 0 Å². The third-order valence-corrected chi connectivity index (χ3v) is 3.59. The molecule has 1 aliphatic heterocycles. The van der Waals surface area contributed by atoms with Crippen LogP contribution in [-0.2, 0) is 15.9 Å². The van der Waals surface area contributed by atoms with E-state index in [2.05, 4.69) is 0 Å². The molecule has 115 valence electrons. The van der Waals surface area contributed by atoms with Crippen molar-refractivity contribution in [3.8, 4) is 11.5 Å². The number of fused-ring (bicyclic) bond motifs is 2. The van der Waals surface area contributed by atoms with Gasteiger partial charge in [0, 0.05) is 48.1 Å². The molecule has 0 amide bonds. The first-order valence-electron chi connectivity index (χ1n) is 7.39. The van der Waals surface area contributed by atoms with Gasteiger partial charge >= 0.3 is 5.97 Å². The number of carbonyl (C=O) groups excluding carboxylic acids is 1. The Balaban J connectivity index is 0.00000192. The molecule has 5 heteroatoms. The Morgan fingerprint density at radius 2 is 1.91 bits per heavy atom. The molecule has 4 nitrogen and oxygen atoms in total. The molecule has 0 bridgehead atoms. The zero-order chi connectivity index (χ0) is 15.5. The second kappa shape index (κ2) is 7.97. The number of hydrogen-bond acceptors (Lipinski definition) is 4. The summed E-state index contributed by atoms with van der Waals surface area (Å²) in [5.74, 6) is 1.15. The fraction of sp³-hybridized carbons (Fsp3) is 0.278. The average molecular weight is 321 g/mol. The molecule has 2 aromatic rings. The normalized spacial score (nSPS) is 13.0. The maximum Gasteiger partial charge on any atom is 0.340 e. The van der Waals surface area contributed by atoms with E-state index in [1.54, 1.807) is 19.1 Å². The van der Waals surface area contributed by atoms with E-state index in [1.165, 1.54) is 0 Å². The largest absolute Gasteiger partial charge is 0.457 e. The average Bonchev–Trinajstić information content (AvgIpc) is 2.52. The monoisotopic (exact) mass is 321 g/mol. The maximum absolute atomic E-state index is 12.4. The van der Waals surface area contributed by atoms with Crippen LogP contribution in [0.4, 0.5) is 0 Å². The summed E-state index contributed by atoms with van der Waals surface area (Å²) in [6.45, 7) is 4.07. The molecule has 0 fully saturated rings. The van der Waals surface area contributed by atoms with Crippen molar-refractivity contribution in [1.29, 1.82) is 0 Å². The molecule has 0 spiro atoms. The molecule has 0 saturated carbocycles. The predicted octanol–water partition coefficient (Wildman–Crippen LogP) is 3.54. The third-order valence-electron chi connectivity index (χ3n) is 3.59. The maximum atomic E-state index is 12.4. The van der Waals surface area contributed by atoms with E-state index in [0.29, 0.717) is 24.3 Å². The number of ether oxygens (including phenoxy) is 3. The summed E-state index contributed by atoms with van der Waals surface area (Å²) < 4.78 is 16.5. The van der Waals surface area contributed by atoms with Crippen LogP contribution in [0.2, 0.25) is 0 Å². The van der Waals surface area contributed by atoms with Crippen molar-refractivity contribution >= 4 is 35.5 Å². The van der Waals surface area contributed by atoms with E-state index in [4.69, 9.17) is 14.2 Å². The first-order chi connectivity index (χ1) is 10.7. The van der Waals surface area contributed by atoms with Crippen LogP contribution in [0.1, 0.15) is 35.3 Å². The summed E-state index contributed by atoms with van der Waals surface area (Å²) in [7, 11) is 0. The topological polar surface area (TPSA) is 44.8 Å². The van der Waals surface area contributed by atoms with Crippen LogP contribution in [0.5, 0.6) is 11.5 Å². The molecular weight excluding hydrogens is 303 g/mol. The molecule has 0 aromatic heterocycles. The van der Waals surface area contributed by atoms with E-state index < -0.39 is 6.29 Å². The van der Waals surface area contributed by atoms with Crippen molar-refractivity contribution in [2.75, 3.05) is 6.61 Å². The molecule has 1 heterocycles. The Morgan fingerprint density at radius 1 is 1.17 bits per heavy atom. The minimum Gasteiger partial charge on any atom is -0.457 e. The van der Waals surface area contributed by atoms with Crippen LogP contribution in [-0.4, -0.2) is 48.4 Å². The first-order valence-corrected chi connectivity index (χ1v) is 7.39.